The van der Waals surface area contributed by atoms with Gasteiger partial charge in [-0.15, -0.1) is 10.2 Å². The van der Waals surface area contributed by atoms with Gasteiger partial charge in [-0.05, 0) is 25.0 Å². The van der Waals surface area contributed by atoms with Crippen molar-refractivity contribution in [1.82, 2.24) is 10.2 Å². The molecule has 2 aromatic rings. The van der Waals surface area contributed by atoms with Gasteiger partial charge < -0.3 is 15.0 Å². The van der Waals surface area contributed by atoms with Gasteiger partial charge in [-0.25, -0.2) is 0 Å². The van der Waals surface area contributed by atoms with E-state index < -0.39 is 0 Å². The summed E-state index contributed by atoms with van der Waals surface area (Å²) in [6.07, 6.45) is 1.71. The van der Waals surface area contributed by atoms with Crippen LogP contribution in [0, 0.1) is 5.92 Å². The first-order chi connectivity index (χ1) is 12.3. The number of amides is 1. The number of methoxy groups -OCH3 is 1. The quantitative estimate of drug-likeness (QED) is 0.454. The fraction of sp³-hybridized carbons (Fsp3) is 0.471. The number of nitrogens with one attached hydrogen (secondary N) is 1. The minimum absolute atomic E-state index is 0.0356. The van der Waals surface area contributed by atoms with E-state index in [0.29, 0.717) is 11.7 Å². The van der Waals surface area contributed by atoms with Crippen molar-refractivity contribution in [2.24, 2.45) is 5.92 Å². The second-order valence-corrected chi connectivity index (χ2v) is 8.12. The molecule has 0 radical (unpaired) electrons. The topological polar surface area (TPSA) is 67.4 Å². The largest absolute Gasteiger partial charge is 0.384 e. The fourth-order valence-electron chi connectivity index (χ4n) is 2.78. The van der Waals surface area contributed by atoms with Gasteiger partial charge >= 0.3 is 0 Å². The zero-order valence-electron chi connectivity index (χ0n) is 14.2. The highest BCUT2D eigenvalue weighted by atomic mass is 32.2. The van der Waals surface area contributed by atoms with E-state index in [2.05, 4.69) is 32.5 Å². The summed E-state index contributed by atoms with van der Waals surface area (Å²) in [7, 11) is 1.68. The summed E-state index contributed by atoms with van der Waals surface area (Å²) in [6.45, 7) is 2.47. The number of benzene rings is 1. The minimum Gasteiger partial charge on any atom is -0.384 e. The second kappa shape index (κ2) is 9.17. The van der Waals surface area contributed by atoms with Gasteiger partial charge in [0.2, 0.25) is 11.0 Å². The van der Waals surface area contributed by atoms with Gasteiger partial charge in [0.1, 0.15) is 0 Å². The zero-order valence-corrected chi connectivity index (χ0v) is 15.8. The van der Waals surface area contributed by atoms with E-state index >= 15 is 0 Å². The number of rotatable bonds is 7. The van der Waals surface area contributed by atoms with Crippen molar-refractivity contribution in [3.63, 3.8) is 0 Å². The number of anilines is 2. The number of ether oxygens (including phenoxy) is 1. The van der Waals surface area contributed by atoms with Gasteiger partial charge in [0.05, 0.1) is 6.61 Å². The molecule has 1 N–H and O–H groups in total. The van der Waals surface area contributed by atoms with Crippen LogP contribution in [0.25, 0.3) is 0 Å². The Morgan fingerprint density at radius 1 is 1.32 bits per heavy atom. The molecule has 0 saturated carbocycles. The lowest BCUT2D eigenvalue weighted by Gasteiger charge is -2.32. The van der Waals surface area contributed by atoms with Gasteiger partial charge in [-0.3, -0.25) is 4.79 Å². The maximum atomic E-state index is 12.5. The third-order valence-electron chi connectivity index (χ3n) is 4.14. The Morgan fingerprint density at radius 2 is 2.08 bits per heavy atom. The van der Waals surface area contributed by atoms with Crippen LogP contribution >= 0.6 is 23.1 Å². The number of carbonyl (C=O) groups excluding carboxylic acids is 1. The Labute approximate surface area is 156 Å². The Hall–Kier alpha value is -1.64. The predicted molar refractivity (Wildman–Crippen MR) is 103 cm³/mol. The lowest BCUT2D eigenvalue weighted by molar-refractivity contribution is -0.120. The molecular weight excluding hydrogens is 356 g/mol. The SMILES string of the molecule is COCCSc1nnc(NC(=O)C2CCN(c3ccccc3)CC2)s1. The average Bonchev–Trinajstić information content (AvgIpc) is 3.10. The third kappa shape index (κ3) is 5.17. The highest BCUT2D eigenvalue weighted by Crippen LogP contribution is 2.27. The summed E-state index contributed by atoms with van der Waals surface area (Å²) in [5, 5.41) is 11.6. The number of aromatic nitrogens is 2. The molecule has 0 aliphatic carbocycles. The van der Waals surface area contributed by atoms with Crippen molar-refractivity contribution in [2.45, 2.75) is 17.2 Å². The maximum absolute atomic E-state index is 12.5. The van der Waals surface area contributed by atoms with Crippen molar-refractivity contribution in [1.29, 1.82) is 0 Å². The maximum Gasteiger partial charge on any atom is 0.229 e. The first-order valence-electron chi connectivity index (χ1n) is 8.32. The monoisotopic (exact) mass is 378 g/mol. The van der Waals surface area contributed by atoms with Crippen LogP contribution < -0.4 is 10.2 Å². The number of hydrogen-bond acceptors (Lipinski definition) is 7. The average molecular weight is 379 g/mol. The molecule has 1 aromatic heterocycles. The number of piperidine rings is 1. The van der Waals surface area contributed by atoms with Crippen LogP contribution in [-0.2, 0) is 9.53 Å². The van der Waals surface area contributed by atoms with Gasteiger partial charge in [-0.1, -0.05) is 41.3 Å². The molecule has 25 heavy (non-hydrogen) atoms. The molecular formula is C17H22N4O2S2. The number of para-hydroxylation sites is 1. The lowest BCUT2D eigenvalue weighted by Crippen LogP contribution is -2.38. The summed E-state index contributed by atoms with van der Waals surface area (Å²) in [4.78, 5) is 14.8. The normalized spacial score (nSPS) is 15.3. The van der Waals surface area contributed by atoms with E-state index in [4.69, 9.17) is 4.74 Å². The molecule has 1 aromatic carbocycles. The Bertz CT molecular complexity index is 672. The molecule has 1 amide bonds. The lowest BCUT2D eigenvalue weighted by atomic mass is 9.95. The molecule has 0 unspecified atom stereocenters. The van der Waals surface area contributed by atoms with E-state index in [1.165, 1.54) is 17.0 Å². The molecule has 0 bridgehead atoms. The summed E-state index contributed by atoms with van der Waals surface area (Å²) in [6, 6.07) is 10.3. The minimum atomic E-state index is 0.0356. The van der Waals surface area contributed by atoms with Gasteiger partial charge in [-0.2, -0.15) is 0 Å². The van der Waals surface area contributed by atoms with Crippen LogP contribution in [0.4, 0.5) is 10.8 Å². The number of nitrogens with zero attached hydrogens (tertiary/aromatic N) is 3. The van der Waals surface area contributed by atoms with Crippen molar-refractivity contribution in [2.75, 3.05) is 42.8 Å². The summed E-state index contributed by atoms with van der Waals surface area (Å²) >= 11 is 3.00. The van der Waals surface area contributed by atoms with Gasteiger partial charge in [0.25, 0.3) is 0 Å². The summed E-state index contributed by atoms with van der Waals surface area (Å²) in [5.41, 5.74) is 1.23. The smallest absolute Gasteiger partial charge is 0.229 e. The third-order valence-corrected chi connectivity index (χ3v) is 6.07. The standard InChI is InChI=1S/C17H22N4O2S2/c1-23-11-12-24-17-20-19-16(25-17)18-15(22)13-7-9-21(10-8-13)14-5-3-2-4-6-14/h2-6,13H,7-12H2,1H3,(H,18,19,22). The molecule has 3 rings (SSSR count). The van der Waals surface area contributed by atoms with Crippen molar-refractivity contribution in [3.05, 3.63) is 30.3 Å². The van der Waals surface area contributed by atoms with Crippen LogP contribution in [0.1, 0.15) is 12.8 Å². The molecule has 6 nitrogen and oxygen atoms in total. The van der Waals surface area contributed by atoms with Crippen molar-refractivity contribution in [3.8, 4) is 0 Å². The molecule has 2 heterocycles. The van der Waals surface area contributed by atoms with Crippen LogP contribution in [0.5, 0.6) is 0 Å². The number of thioether (sulfide) groups is 1. The van der Waals surface area contributed by atoms with Crippen molar-refractivity contribution >= 4 is 39.8 Å². The number of hydrogen-bond donors (Lipinski definition) is 1. The Balaban J connectivity index is 1.46. The van der Waals surface area contributed by atoms with Gasteiger partial charge in [0.15, 0.2) is 4.34 Å². The molecule has 1 saturated heterocycles. The molecule has 0 atom stereocenters. The zero-order chi connectivity index (χ0) is 17.5. The first-order valence-corrected chi connectivity index (χ1v) is 10.1. The first kappa shape index (κ1) is 18.2. The van der Waals surface area contributed by atoms with E-state index in [9.17, 15) is 4.79 Å². The second-order valence-electron chi connectivity index (χ2n) is 5.80. The van der Waals surface area contributed by atoms with Crippen LogP contribution in [0.3, 0.4) is 0 Å². The molecule has 134 valence electrons. The van der Waals surface area contributed by atoms with Crippen LogP contribution in [-0.4, -0.2) is 48.7 Å². The molecule has 1 aliphatic heterocycles. The molecule has 0 spiro atoms. The van der Waals surface area contributed by atoms with Crippen LogP contribution in [0.2, 0.25) is 0 Å². The fourth-order valence-corrected chi connectivity index (χ4v) is 4.50. The van der Waals surface area contributed by atoms with Crippen molar-refractivity contribution < 1.29 is 9.53 Å². The molecule has 8 heteroatoms. The van der Waals surface area contributed by atoms with Crippen LogP contribution in [0.15, 0.2) is 34.7 Å². The Morgan fingerprint density at radius 3 is 2.80 bits per heavy atom. The van der Waals surface area contributed by atoms with E-state index in [-0.39, 0.29) is 11.8 Å². The summed E-state index contributed by atoms with van der Waals surface area (Å²) < 4.78 is 5.87. The highest BCUT2D eigenvalue weighted by molar-refractivity contribution is 8.01. The molecule has 1 fully saturated rings. The predicted octanol–water partition coefficient (Wildman–Crippen LogP) is 3.13. The summed E-state index contributed by atoms with van der Waals surface area (Å²) in [5.74, 6) is 0.919. The van der Waals surface area contributed by atoms with Gasteiger partial charge in [0, 0.05) is 37.6 Å². The van der Waals surface area contributed by atoms with E-state index in [1.54, 1.807) is 18.9 Å². The highest BCUT2D eigenvalue weighted by Gasteiger charge is 2.25. The number of carbonyl (C=O) groups is 1. The van der Waals surface area contributed by atoms with E-state index in [0.717, 1.165) is 36.0 Å². The molecule has 1 aliphatic rings. The van der Waals surface area contributed by atoms with E-state index in [1.807, 2.05) is 18.2 Å². The Kier molecular flexibility index (Phi) is 6.66.